The molecule has 92 valence electrons. The quantitative estimate of drug-likeness (QED) is 0.633. The Balaban J connectivity index is 2.50. The topological polar surface area (TPSA) is 88.1 Å². The van der Waals surface area contributed by atoms with Gasteiger partial charge in [-0.3, -0.25) is 0 Å². The minimum Gasteiger partial charge on any atom is -0.351 e. The molecule has 0 aromatic carbocycles. The van der Waals surface area contributed by atoms with Gasteiger partial charge in [-0.15, -0.1) is 10.2 Å². The molecule has 0 bridgehead atoms. The van der Waals surface area contributed by atoms with Crippen LogP contribution in [0.15, 0.2) is 0 Å². The largest absolute Gasteiger partial charge is 0.351 e. The van der Waals surface area contributed by atoms with Crippen LogP contribution in [0, 0.1) is 0 Å². The maximum absolute atomic E-state index is 5.96. The van der Waals surface area contributed by atoms with Gasteiger partial charge in [0, 0.05) is 19.6 Å². The first-order chi connectivity index (χ1) is 7.67. The summed E-state index contributed by atoms with van der Waals surface area (Å²) in [5, 5.41) is 11.7. The van der Waals surface area contributed by atoms with E-state index >= 15 is 0 Å². The van der Waals surface area contributed by atoms with E-state index in [4.69, 9.17) is 15.2 Å². The number of tetrazole rings is 1. The fourth-order valence-corrected chi connectivity index (χ4v) is 1.34. The maximum Gasteiger partial charge on any atom is 0.176 e. The van der Waals surface area contributed by atoms with Gasteiger partial charge in [-0.05, 0) is 19.1 Å². The van der Waals surface area contributed by atoms with Crippen molar-refractivity contribution in [2.45, 2.75) is 32.6 Å². The number of ether oxygens (including phenoxy) is 2. The molecule has 0 aliphatic rings. The number of hydrogen-bond acceptors (Lipinski definition) is 6. The summed E-state index contributed by atoms with van der Waals surface area (Å²) < 4.78 is 10.8. The van der Waals surface area contributed by atoms with Gasteiger partial charge in [-0.25, -0.2) is 0 Å². The van der Waals surface area contributed by atoms with E-state index in [9.17, 15) is 0 Å². The molecule has 0 spiro atoms. The molecule has 0 aliphatic heterocycles. The average Bonchev–Trinajstić information content (AvgIpc) is 2.63. The molecule has 1 heterocycles. The van der Waals surface area contributed by atoms with Gasteiger partial charge >= 0.3 is 0 Å². The van der Waals surface area contributed by atoms with Crippen molar-refractivity contribution in [3.63, 3.8) is 0 Å². The fraction of sp³-hybridized carbons (Fsp3) is 0.889. The van der Waals surface area contributed by atoms with Crippen molar-refractivity contribution in [1.29, 1.82) is 0 Å². The van der Waals surface area contributed by atoms with Crippen molar-refractivity contribution in [1.82, 2.24) is 20.2 Å². The first-order valence-corrected chi connectivity index (χ1v) is 5.39. The third-order valence-corrected chi connectivity index (χ3v) is 1.98. The predicted octanol–water partition coefficient (Wildman–Crippen LogP) is -0.521. The summed E-state index contributed by atoms with van der Waals surface area (Å²) in [4.78, 5) is 1.40. The second-order valence-corrected chi connectivity index (χ2v) is 3.34. The van der Waals surface area contributed by atoms with E-state index < -0.39 is 6.29 Å². The third kappa shape index (κ3) is 3.84. The van der Waals surface area contributed by atoms with Crippen LogP contribution in [0.3, 0.4) is 0 Å². The van der Waals surface area contributed by atoms with Gasteiger partial charge in [0.15, 0.2) is 12.1 Å². The van der Waals surface area contributed by atoms with E-state index in [1.54, 1.807) is 7.05 Å². The maximum atomic E-state index is 5.96. The van der Waals surface area contributed by atoms with E-state index in [1.165, 1.54) is 4.80 Å². The average molecular weight is 229 g/mol. The molecule has 7 heteroatoms. The highest BCUT2D eigenvalue weighted by Gasteiger charge is 2.20. The van der Waals surface area contributed by atoms with Gasteiger partial charge < -0.3 is 15.2 Å². The minimum absolute atomic E-state index is 0.288. The van der Waals surface area contributed by atoms with Crippen LogP contribution in [0.2, 0.25) is 0 Å². The Morgan fingerprint density at radius 2 is 1.94 bits per heavy atom. The molecule has 1 unspecified atom stereocenters. The molecular weight excluding hydrogens is 210 g/mol. The molecule has 0 saturated heterocycles. The normalized spacial score (nSPS) is 13.3. The van der Waals surface area contributed by atoms with Gasteiger partial charge in [0.1, 0.15) is 0 Å². The van der Waals surface area contributed by atoms with Crippen molar-refractivity contribution in [2.75, 3.05) is 13.2 Å². The lowest BCUT2D eigenvalue weighted by molar-refractivity contribution is -0.148. The first-order valence-electron chi connectivity index (χ1n) is 5.39. The third-order valence-electron chi connectivity index (χ3n) is 1.98. The zero-order valence-corrected chi connectivity index (χ0v) is 9.96. The Labute approximate surface area is 94.9 Å². The van der Waals surface area contributed by atoms with Crippen LogP contribution < -0.4 is 5.73 Å². The lowest BCUT2D eigenvalue weighted by Gasteiger charge is -2.22. The molecule has 1 aromatic heterocycles. The molecule has 0 amide bonds. The van der Waals surface area contributed by atoms with Gasteiger partial charge in [-0.1, -0.05) is 0 Å². The van der Waals surface area contributed by atoms with Crippen LogP contribution in [0.1, 0.15) is 19.7 Å². The molecule has 2 N–H and O–H groups in total. The SMILES string of the molecule is CCOC(OCC)C(N)Cc1nnn(C)n1. The fourth-order valence-electron chi connectivity index (χ4n) is 1.34. The lowest BCUT2D eigenvalue weighted by Crippen LogP contribution is -2.40. The van der Waals surface area contributed by atoms with Crippen molar-refractivity contribution >= 4 is 0 Å². The molecule has 0 saturated carbocycles. The summed E-state index contributed by atoms with van der Waals surface area (Å²) in [6.45, 7) is 4.93. The summed E-state index contributed by atoms with van der Waals surface area (Å²) in [6.07, 6.45) is 0.0669. The van der Waals surface area contributed by atoms with Crippen molar-refractivity contribution in [3.05, 3.63) is 5.82 Å². The number of nitrogens with zero attached hydrogens (tertiary/aromatic N) is 4. The van der Waals surface area contributed by atoms with Gasteiger partial charge in [-0.2, -0.15) is 4.80 Å². The van der Waals surface area contributed by atoms with E-state index in [0.29, 0.717) is 25.5 Å². The summed E-state index contributed by atoms with van der Waals surface area (Å²) in [6, 6.07) is -0.288. The van der Waals surface area contributed by atoms with Gasteiger partial charge in [0.05, 0.1) is 13.1 Å². The summed E-state index contributed by atoms with van der Waals surface area (Å²) >= 11 is 0. The zero-order valence-electron chi connectivity index (χ0n) is 9.96. The smallest absolute Gasteiger partial charge is 0.176 e. The second-order valence-electron chi connectivity index (χ2n) is 3.34. The molecule has 0 fully saturated rings. The monoisotopic (exact) mass is 229 g/mol. The molecule has 0 radical (unpaired) electrons. The summed E-state index contributed by atoms with van der Waals surface area (Å²) in [5.74, 6) is 0.597. The van der Waals surface area contributed by atoms with Gasteiger partial charge in [0.25, 0.3) is 0 Å². The molecule has 16 heavy (non-hydrogen) atoms. The number of hydrogen-bond donors (Lipinski definition) is 1. The van der Waals surface area contributed by atoms with Gasteiger partial charge in [0.2, 0.25) is 0 Å². The standard InChI is InChI=1S/C9H19N5O2/c1-4-15-9(16-5-2)7(10)6-8-11-13-14(3)12-8/h7,9H,4-6,10H2,1-3H3. The lowest BCUT2D eigenvalue weighted by atomic mass is 10.2. The molecule has 7 nitrogen and oxygen atoms in total. The van der Waals surface area contributed by atoms with E-state index in [2.05, 4.69) is 15.4 Å². The molecular formula is C9H19N5O2. The zero-order chi connectivity index (χ0) is 12.0. The number of aryl methyl sites for hydroxylation is 1. The van der Waals surface area contributed by atoms with Crippen LogP contribution in [0.4, 0.5) is 0 Å². The molecule has 0 aliphatic carbocycles. The highest BCUT2D eigenvalue weighted by molar-refractivity contribution is 4.84. The Morgan fingerprint density at radius 3 is 2.38 bits per heavy atom. The van der Waals surface area contributed by atoms with Crippen molar-refractivity contribution in [2.24, 2.45) is 12.8 Å². The number of rotatable bonds is 7. The summed E-state index contributed by atoms with van der Waals surface area (Å²) in [7, 11) is 1.71. The Bertz CT molecular complexity index is 298. The Kier molecular flexibility index (Phi) is 5.30. The first kappa shape index (κ1) is 13.0. The summed E-state index contributed by atoms with van der Waals surface area (Å²) in [5.41, 5.74) is 5.96. The highest BCUT2D eigenvalue weighted by atomic mass is 16.7. The Hall–Kier alpha value is -1.05. The minimum atomic E-state index is -0.418. The van der Waals surface area contributed by atoms with E-state index in [-0.39, 0.29) is 6.04 Å². The second kappa shape index (κ2) is 6.51. The predicted molar refractivity (Wildman–Crippen MR) is 57.5 cm³/mol. The molecule has 1 aromatic rings. The van der Waals surface area contributed by atoms with Crippen molar-refractivity contribution in [3.8, 4) is 0 Å². The van der Waals surface area contributed by atoms with Crippen molar-refractivity contribution < 1.29 is 9.47 Å². The number of nitrogens with two attached hydrogens (primary N) is 1. The van der Waals surface area contributed by atoms with Crippen LogP contribution in [-0.2, 0) is 22.9 Å². The molecule has 1 atom stereocenters. The van der Waals surface area contributed by atoms with Crippen LogP contribution in [0.25, 0.3) is 0 Å². The van der Waals surface area contributed by atoms with Crippen LogP contribution in [-0.4, -0.2) is 45.8 Å². The molecule has 1 rings (SSSR count). The van der Waals surface area contributed by atoms with Crippen LogP contribution >= 0.6 is 0 Å². The highest BCUT2D eigenvalue weighted by Crippen LogP contribution is 2.04. The van der Waals surface area contributed by atoms with E-state index in [1.807, 2.05) is 13.8 Å². The number of aromatic nitrogens is 4. The van der Waals surface area contributed by atoms with Crippen LogP contribution in [0.5, 0.6) is 0 Å². The Morgan fingerprint density at radius 1 is 1.31 bits per heavy atom. The van der Waals surface area contributed by atoms with E-state index in [0.717, 1.165) is 0 Å².